The third-order valence-electron chi connectivity index (χ3n) is 6.27. The van der Waals surface area contributed by atoms with Crippen molar-refractivity contribution < 1.29 is 4.79 Å². The van der Waals surface area contributed by atoms with Gasteiger partial charge < -0.3 is 15.2 Å². The summed E-state index contributed by atoms with van der Waals surface area (Å²) in [6, 6.07) is 11.9. The summed E-state index contributed by atoms with van der Waals surface area (Å²) in [5.41, 5.74) is 5.11. The number of benzene rings is 1. The Balaban J connectivity index is 1.30. The van der Waals surface area contributed by atoms with Crippen LogP contribution in [0.25, 0.3) is 28.2 Å². The van der Waals surface area contributed by atoms with Crippen molar-refractivity contribution in [1.29, 1.82) is 0 Å². The molecule has 0 spiro atoms. The van der Waals surface area contributed by atoms with Gasteiger partial charge in [0.2, 0.25) is 0 Å². The Hall–Kier alpha value is -4.53. The lowest BCUT2D eigenvalue weighted by Gasteiger charge is -2.12. The number of carbonyl (C=O) groups is 1. The van der Waals surface area contributed by atoms with Gasteiger partial charge in [-0.25, -0.2) is 15.0 Å². The van der Waals surface area contributed by atoms with Gasteiger partial charge in [-0.1, -0.05) is 12.1 Å². The SMILES string of the molecule is O=C(NC1CC1)c1ccc(-c2cnc3c(NCCCn4ccnc4)nc(-c4ccncc4)cn23)cc1. The Kier molecular flexibility index (Phi) is 5.87. The molecule has 9 heteroatoms. The highest BCUT2D eigenvalue weighted by molar-refractivity contribution is 5.95. The second kappa shape index (κ2) is 9.61. The van der Waals surface area contributed by atoms with Gasteiger partial charge in [-0.2, -0.15) is 0 Å². The lowest BCUT2D eigenvalue weighted by molar-refractivity contribution is 0.0951. The van der Waals surface area contributed by atoms with Gasteiger partial charge in [0.15, 0.2) is 11.5 Å². The molecule has 1 amide bonds. The fourth-order valence-electron chi connectivity index (χ4n) is 4.16. The lowest BCUT2D eigenvalue weighted by Crippen LogP contribution is -2.25. The van der Waals surface area contributed by atoms with Crippen LogP contribution < -0.4 is 10.6 Å². The van der Waals surface area contributed by atoms with Crippen LogP contribution in [0.5, 0.6) is 0 Å². The van der Waals surface area contributed by atoms with Crippen molar-refractivity contribution in [2.45, 2.75) is 31.8 Å². The van der Waals surface area contributed by atoms with Crippen LogP contribution in [0.2, 0.25) is 0 Å². The minimum absolute atomic E-state index is 0.0199. The van der Waals surface area contributed by atoms with Crippen molar-refractivity contribution in [2.24, 2.45) is 0 Å². The van der Waals surface area contributed by atoms with Crippen LogP contribution in [0.1, 0.15) is 29.6 Å². The summed E-state index contributed by atoms with van der Waals surface area (Å²) in [7, 11) is 0. The predicted octanol–water partition coefficient (Wildman–Crippen LogP) is 4.05. The van der Waals surface area contributed by atoms with E-state index in [4.69, 9.17) is 9.97 Å². The van der Waals surface area contributed by atoms with Crippen LogP contribution in [0, 0.1) is 0 Å². The van der Waals surface area contributed by atoms with E-state index in [1.54, 1.807) is 18.6 Å². The maximum Gasteiger partial charge on any atom is 0.251 e. The predicted molar refractivity (Wildman–Crippen MR) is 137 cm³/mol. The first-order chi connectivity index (χ1) is 17.7. The maximum absolute atomic E-state index is 12.4. The number of nitrogens with one attached hydrogen (secondary N) is 2. The molecule has 9 nitrogen and oxygen atoms in total. The van der Waals surface area contributed by atoms with Crippen molar-refractivity contribution in [3.63, 3.8) is 0 Å². The monoisotopic (exact) mass is 478 g/mol. The topological polar surface area (TPSA) is 102 Å². The number of anilines is 1. The third-order valence-corrected chi connectivity index (χ3v) is 6.27. The van der Waals surface area contributed by atoms with Crippen molar-refractivity contribution in [1.82, 2.24) is 34.2 Å². The standard InChI is InChI=1S/C27H26N8O/c36-27(32-22-6-7-22)21-4-2-20(3-5-21)24-16-31-26-25(30-10-1-14-34-15-13-29-18-34)33-23(17-35(24)26)19-8-11-28-12-9-19/h2-5,8-9,11-13,15-18,22H,1,6-7,10,14H2,(H,30,33)(H,32,36). The summed E-state index contributed by atoms with van der Waals surface area (Å²) in [4.78, 5) is 30.2. The molecule has 0 atom stereocenters. The van der Waals surface area contributed by atoms with E-state index < -0.39 is 0 Å². The number of aromatic nitrogens is 6. The highest BCUT2D eigenvalue weighted by Crippen LogP contribution is 2.28. The van der Waals surface area contributed by atoms with Gasteiger partial charge in [0.05, 0.1) is 23.9 Å². The van der Waals surface area contributed by atoms with E-state index in [9.17, 15) is 4.79 Å². The molecular formula is C27H26N8O. The van der Waals surface area contributed by atoms with E-state index in [1.165, 1.54) is 0 Å². The Labute approximate surface area is 208 Å². The van der Waals surface area contributed by atoms with Gasteiger partial charge in [0.1, 0.15) is 0 Å². The van der Waals surface area contributed by atoms with Crippen LogP contribution >= 0.6 is 0 Å². The fourth-order valence-corrected chi connectivity index (χ4v) is 4.16. The first-order valence-corrected chi connectivity index (χ1v) is 12.1. The molecule has 1 aromatic carbocycles. The Morgan fingerprint density at radius 2 is 1.83 bits per heavy atom. The van der Waals surface area contributed by atoms with E-state index in [-0.39, 0.29) is 5.91 Å². The molecule has 1 saturated carbocycles. The van der Waals surface area contributed by atoms with Crippen LogP contribution in [-0.2, 0) is 6.54 Å². The summed E-state index contributed by atoms with van der Waals surface area (Å²) < 4.78 is 4.11. The summed E-state index contributed by atoms with van der Waals surface area (Å²) >= 11 is 0. The molecule has 36 heavy (non-hydrogen) atoms. The largest absolute Gasteiger partial charge is 0.367 e. The maximum atomic E-state index is 12.4. The molecule has 180 valence electrons. The van der Waals surface area contributed by atoms with Gasteiger partial charge in [0.25, 0.3) is 5.91 Å². The first kappa shape index (κ1) is 22.0. The first-order valence-electron chi connectivity index (χ1n) is 12.1. The van der Waals surface area contributed by atoms with Gasteiger partial charge >= 0.3 is 0 Å². The summed E-state index contributed by atoms with van der Waals surface area (Å²) in [5, 5.41) is 6.51. The molecule has 1 aliphatic carbocycles. The van der Waals surface area contributed by atoms with E-state index in [2.05, 4.69) is 29.6 Å². The molecule has 0 radical (unpaired) electrons. The van der Waals surface area contributed by atoms with Crippen molar-refractivity contribution in [3.8, 4) is 22.5 Å². The zero-order chi connectivity index (χ0) is 24.3. The molecule has 0 aliphatic heterocycles. The number of rotatable bonds is 9. The highest BCUT2D eigenvalue weighted by Gasteiger charge is 2.23. The molecule has 4 aromatic heterocycles. The number of hydrogen-bond acceptors (Lipinski definition) is 6. The summed E-state index contributed by atoms with van der Waals surface area (Å²) in [6.07, 6.45) is 16.0. The zero-order valence-electron chi connectivity index (χ0n) is 19.7. The van der Waals surface area contributed by atoms with Crippen molar-refractivity contribution >= 4 is 17.4 Å². The molecule has 5 aromatic rings. The average molecular weight is 479 g/mol. The molecule has 6 rings (SSSR count). The van der Waals surface area contributed by atoms with Crippen LogP contribution in [0.15, 0.2) is 79.9 Å². The van der Waals surface area contributed by atoms with Gasteiger partial charge in [0, 0.05) is 66.8 Å². The number of hydrogen-bond donors (Lipinski definition) is 2. The lowest BCUT2D eigenvalue weighted by atomic mass is 10.1. The summed E-state index contributed by atoms with van der Waals surface area (Å²) in [5.74, 6) is 0.704. The number of amides is 1. The Morgan fingerprint density at radius 3 is 2.58 bits per heavy atom. The number of pyridine rings is 1. The van der Waals surface area contributed by atoms with Crippen LogP contribution in [0.3, 0.4) is 0 Å². The van der Waals surface area contributed by atoms with Gasteiger partial charge in [-0.15, -0.1) is 0 Å². The molecule has 0 unspecified atom stereocenters. The Morgan fingerprint density at radius 1 is 1.00 bits per heavy atom. The quantitative estimate of drug-likeness (QED) is 0.310. The Bertz CT molecular complexity index is 1470. The number of imidazole rings is 2. The average Bonchev–Trinajstić information content (AvgIpc) is 3.38. The fraction of sp³-hybridized carbons (Fsp3) is 0.222. The second-order valence-electron chi connectivity index (χ2n) is 8.95. The van der Waals surface area contributed by atoms with Gasteiger partial charge in [-0.05, 0) is 43.5 Å². The third kappa shape index (κ3) is 4.68. The molecule has 4 heterocycles. The molecule has 0 bridgehead atoms. The van der Waals surface area contributed by atoms with E-state index in [0.717, 1.165) is 66.3 Å². The van der Waals surface area contributed by atoms with Crippen LogP contribution in [-0.4, -0.2) is 47.4 Å². The van der Waals surface area contributed by atoms with Crippen molar-refractivity contribution in [2.75, 3.05) is 11.9 Å². The second-order valence-corrected chi connectivity index (χ2v) is 8.95. The van der Waals surface area contributed by atoms with E-state index in [1.807, 2.05) is 61.3 Å². The number of fused-ring (bicyclic) bond motifs is 1. The van der Waals surface area contributed by atoms with Gasteiger partial charge in [-0.3, -0.25) is 14.2 Å². The summed E-state index contributed by atoms with van der Waals surface area (Å²) in [6.45, 7) is 1.61. The molecule has 1 aliphatic rings. The molecule has 0 saturated heterocycles. The van der Waals surface area contributed by atoms with Crippen LogP contribution in [0.4, 0.5) is 5.82 Å². The number of carbonyl (C=O) groups excluding carboxylic acids is 1. The smallest absolute Gasteiger partial charge is 0.251 e. The zero-order valence-corrected chi connectivity index (χ0v) is 19.7. The number of aryl methyl sites for hydroxylation is 1. The molecular weight excluding hydrogens is 452 g/mol. The van der Waals surface area contributed by atoms with E-state index in [0.29, 0.717) is 11.6 Å². The normalized spacial score (nSPS) is 13.1. The number of nitrogens with zero attached hydrogens (tertiary/aromatic N) is 6. The highest BCUT2D eigenvalue weighted by atomic mass is 16.1. The minimum atomic E-state index is -0.0199. The molecule has 2 N–H and O–H groups in total. The minimum Gasteiger partial charge on any atom is -0.367 e. The molecule has 1 fully saturated rings. The van der Waals surface area contributed by atoms with E-state index >= 15 is 0 Å². The van der Waals surface area contributed by atoms with Crippen molar-refractivity contribution in [3.05, 3.63) is 85.5 Å².